The molecule has 0 atom stereocenters. The first-order valence-corrected chi connectivity index (χ1v) is 5.98. The van der Waals surface area contributed by atoms with Crippen molar-refractivity contribution in [3.8, 4) is 0 Å². The normalized spacial score (nSPS) is 11.3. The number of rotatable bonds is 5. The van der Waals surface area contributed by atoms with E-state index in [0.717, 1.165) is 5.82 Å². The minimum absolute atomic E-state index is 0.430. The predicted octanol–water partition coefficient (Wildman–Crippen LogP) is 0.373. The molecule has 1 rings (SSSR count). The number of hydrogen-bond acceptors (Lipinski definition) is 5. The van der Waals surface area contributed by atoms with E-state index in [1.54, 1.807) is 0 Å². The predicted molar refractivity (Wildman–Crippen MR) is 67.1 cm³/mol. The quantitative estimate of drug-likeness (QED) is 0.705. The smallest absolute Gasteiger partial charge is 0.407 e. The molecule has 0 aliphatic heterocycles. The first-order chi connectivity index (χ1) is 8.40. The van der Waals surface area contributed by atoms with Gasteiger partial charge in [0.1, 0.15) is 11.4 Å². The van der Waals surface area contributed by atoms with Gasteiger partial charge in [-0.05, 0) is 27.3 Å². The first kappa shape index (κ1) is 14.4. The average molecular weight is 255 g/mol. The third kappa shape index (κ3) is 5.62. The van der Waals surface area contributed by atoms with Gasteiger partial charge in [0, 0.05) is 19.4 Å². The van der Waals surface area contributed by atoms with Crippen molar-refractivity contribution in [2.45, 2.75) is 39.2 Å². The maximum absolute atomic E-state index is 11.4. The van der Waals surface area contributed by atoms with Gasteiger partial charge in [0.25, 0.3) is 0 Å². The fourth-order valence-corrected chi connectivity index (χ4v) is 1.29. The molecule has 7 nitrogen and oxygen atoms in total. The van der Waals surface area contributed by atoms with Crippen LogP contribution >= 0.6 is 0 Å². The molecular formula is C11H21N5O2. The maximum atomic E-state index is 11.4. The number of hydrogen-bond donors (Lipinski definition) is 3. The highest BCUT2D eigenvalue weighted by Crippen LogP contribution is 2.06. The minimum Gasteiger partial charge on any atom is -0.444 e. The fraction of sp³-hybridized carbons (Fsp3) is 0.727. The van der Waals surface area contributed by atoms with E-state index in [9.17, 15) is 4.79 Å². The van der Waals surface area contributed by atoms with Gasteiger partial charge in [-0.15, -0.1) is 0 Å². The van der Waals surface area contributed by atoms with E-state index >= 15 is 0 Å². The molecule has 0 aromatic carbocycles. The van der Waals surface area contributed by atoms with Gasteiger partial charge in [0.15, 0.2) is 5.82 Å². The number of aromatic amines is 1. The van der Waals surface area contributed by atoms with Gasteiger partial charge in [-0.25, -0.2) is 9.78 Å². The number of H-pyrrole nitrogens is 1. The molecule has 0 fully saturated rings. The van der Waals surface area contributed by atoms with Crippen molar-refractivity contribution in [2.24, 2.45) is 5.73 Å². The second-order valence-corrected chi connectivity index (χ2v) is 4.92. The standard InChI is InChI=1S/C11H21N5O2/c1-11(2,3)18-10(17)13-7-5-9-14-8(4-6-12)15-16-9/h4-7,12H2,1-3H3,(H,13,17)(H,14,15,16). The summed E-state index contributed by atoms with van der Waals surface area (Å²) in [5.41, 5.74) is 4.92. The Morgan fingerprint density at radius 3 is 2.78 bits per heavy atom. The summed E-state index contributed by atoms with van der Waals surface area (Å²) in [6, 6.07) is 0. The summed E-state index contributed by atoms with van der Waals surface area (Å²) in [5, 5.41) is 9.47. The summed E-state index contributed by atoms with van der Waals surface area (Å²) >= 11 is 0. The molecule has 102 valence electrons. The summed E-state index contributed by atoms with van der Waals surface area (Å²) < 4.78 is 5.10. The van der Waals surface area contributed by atoms with Gasteiger partial charge in [0.2, 0.25) is 0 Å². The van der Waals surface area contributed by atoms with Crippen molar-refractivity contribution in [1.82, 2.24) is 20.5 Å². The Hall–Kier alpha value is -1.63. The molecule has 1 aromatic heterocycles. The summed E-state index contributed by atoms with van der Waals surface area (Å²) in [5.74, 6) is 1.43. The molecule has 0 saturated heterocycles. The van der Waals surface area contributed by atoms with Crippen molar-refractivity contribution < 1.29 is 9.53 Å². The van der Waals surface area contributed by atoms with E-state index in [1.807, 2.05) is 20.8 Å². The maximum Gasteiger partial charge on any atom is 0.407 e. The first-order valence-electron chi connectivity index (χ1n) is 5.98. The lowest BCUT2D eigenvalue weighted by Gasteiger charge is -2.19. The van der Waals surface area contributed by atoms with Crippen LogP contribution in [0.2, 0.25) is 0 Å². The molecule has 0 aliphatic rings. The molecular weight excluding hydrogens is 234 g/mol. The Labute approximate surface area is 106 Å². The number of alkyl carbamates (subject to hydrolysis) is 1. The zero-order valence-corrected chi connectivity index (χ0v) is 11.1. The molecule has 0 spiro atoms. The lowest BCUT2D eigenvalue weighted by molar-refractivity contribution is 0.0528. The second-order valence-electron chi connectivity index (χ2n) is 4.92. The van der Waals surface area contributed by atoms with Crippen LogP contribution in [0.5, 0.6) is 0 Å². The van der Waals surface area contributed by atoms with Crippen molar-refractivity contribution in [2.75, 3.05) is 13.1 Å². The molecule has 18 heavy (non-hydrogen) atoms. The highest BCUT2D eigenvalue weighted by molar-refractivity contribution is 5.67. The highest BCUT2D eigenvalue weighted by atomic mass is 16.6. The second kappa shape index (κ2) is 6.34. The van der Waals surface area contributed by atoms with Gasteiger partial charge in [-0.1, -0.05) is 0 Å². The van der Waals surface area contributed by atoms with E-state index in [0.29, 0.717) is 31.8 Å². The van der Waals surface area contributed by atoms with Crippen LogP contribution in [0.1, 0.15) is 32.4 Å². The number of amides is 1. The summed E-state index contributed by atoms with van der Waals surface area (Å²) in [4.78, 5) is 15.6. The number of nitrogens with two attached hydrogens (primary N) is 1. The third-order valence-corrected chi connectivity index (χ3v) is 1.98. The number of nitrogens with one attached hydrogen (secondary N) is 2. The number of aromatic nitrogens is 3. The van der Waals surface area contributed by atoms with Crippen LogP contribution in [-0.4, -0.2) is 40.0 Å². The molecule has 0 aliphatic carbocycles. The molecule has 4 N–H and O–H groups in total. The number of ether oxygens (including phenoxy) is 1. The van der Waals surface area contributed by atoms with Crippen molar-refractivity contribution in [3.05, 3.63) is 11.6 Å². The van der Waals surface area contributed by atoms with Gasteiger partial charge in [0.05, 0.1) is 0 Å². The minimum atomic E-state index is -0.483. The van der Waals surface area contributed by atoms with Crippen LogP contribution in [0.25, 0.3) is 0 Å². The van der Waals surface area contributed by atoms with Gasteiger partial charge < -0.3 is 15.8 Å². The largest absolute Gasteiger partial charge is 0.444 e. The Morgan fingerprint density at radius 1 is 1.44 bits per heavy atom. The monoisotopic (exact) mass is 255 g/mol. The zero-order valence-electron chi connectivity index (χ0n) is 11.1. The number of carbonyl (C=O) groups excluding carboxylic acids is 1. The number of carbonyl (C=O) groups is 1. The van der Waals surface area contributed by atoms with Gasteiger partial charge in [-0.3, -0.25) is 5.10 Å². The Balaban J connectivity index is 2.26. The van der Waals surface area contributed by atoms with Gasteiger partial charge >= 0.3 is 6.09 Å². The number of nitrogens with zero attached hydrogens (tertiary/aromatic N) is 2. The Kier molecular flexibility index (Phi) is 5.08. The molecule has 0 radical (unpaired) electrons. The van der Waals surface area contributed by atoms with Crippen molar-refractivity contribution >= 4 is 6.09 Å². The highest BCUT2D eigenvalue weighted by Gasteiger charge is 2.15. The van der Waals surface area contributed by atoms with Crippen LogP contribution in [-0.2, 0) is 17.6 Å². The summed E-state index contributed by atoms with van der Waals surface area (Å²) in [6.45, 7) is 6.43. The van der Waals surface area contributed by atoms with E-state index in [4.69, 9.17) is 10.5 Å². The molecule has 0 saturated carbocycles. The lowest BCUT2D eigenvalue weighted by Crippen LogP contribution is -2.33. The SMILES string of the molecule is CC(C)(C)OC(=O)NCCc1n[nH]c(CCN)n1. The van der Waals surface area contributed by atoms with Crippen LogP contribution in [0.15, 0.2) is 0 Å². The topological polar surface area (TPSA) is 106 Å². The van der Waals surface area contributed by atoms with E-state index in [1.165, 1.54) is 0 Å². The molecule has 1 aromatic rings. The average Bonchev–Trinajstić information content (AvgIpc) is 2.63. The summed E-state index contributed by atoms with van der Waals surface area (Å²) in [7, 11) is 0. The molecule has 7 heteroatoms. The van der Waals surface area contributed by atoms with Crippen molar-refractivity contribution in [1.29, 1.82) is 0 Å². The van der Waals surface area contributed by atoms with Crippen LogP contribution < -0.4 is 11.1 Å². The van der Waals surface area contributed by atoms with E-state index in [-0.39, 0.29) is 0 Å². The van der Waals surface area contributed by atoms with Crippen LogP contribution in [0, 0.1) is 0 Å². The van der Waals surface area contributed by atoms with Crippen LogP contribution in [0.3, 0.4) is 0 Å². The third-order valence-electron chi connectivity index (χ3n) is 1.98. The lowest BCUT2D eigenvalue weighted by atomic mass is 10.2. The molecule has 1 amide bonds. The Bertz CT molecular complexity index is 383. The molecule has 1 heterocycles. The fourth-order valence-electron chi connectivity index (χ4n) is 1.29. The van der Waals surface area contributed by atoms with E-state index < -0.39 is 11.7 Å². The van der Waals surface area contributed by atoms with Gasteiger partial charge in [-0.2, -0.15) is 5.10 Å². The molecule has 0 unspecified atom stereocenters. The molecule has 0 bridgehead atoms. The van der Waals surface area contributed by atoms with E-state index in [2.05, 4.69) is 20.5 Å². The summed E-state index contributed by atoms with van der Waals surface area (Å²) in [6.07, 6.45) is 0.799. The van der Waals surface area contributed by atoms with Crippen molar-refractivity contribution in [3.63, 3.8) is 0 Å². The zero-order chi connectivity index (χ0) is 13.6. The van der Waals surface area contributed by atoms with Crippen LogP contribution in [0.4, 0.5) is 4.79 Å². The Morgan fingerprint density at radius 2 is 2.17 bits per heavy atom.